The Hall–Kier alpha value is -5.04. The van der Waals surface area contributed by atoms with Gasteiger partial charge < -0.3 is 14.8 Å². The fourth-order valence-corrected chi connectivity index (χ4v) is 3.18. The first kappa shape index (κ1) is 27.5. The van der Waals surface area contributed by atoms with Gasteiger partial charge in [-0.05, 0) is 61.4 Å². The highest BCUT2D eigenvalue weighted by Crippen LogP contribution is 2.38. The summed E-state index contributed by atoms with van der Waals surface area (Å²) in [7, 11) is 0. The maximum Gasteiger partial charge on any atom is 0.329 e. The highest BCUT2D eigenvalue weighted by molar-refractivity contribution is 6.39. The lowest BCUT2D eigenvalue weighted by molar-refractivity contribution is -0.394. The quantitative estimate of drug-likeness (QED) is 0.169. The molecular formula is C24H20ClN5O8. The molecule has 0 saturated heterocycles. The van der Waals surface area contributed by atoms with Crippen LogP contribution in [0.15, 0.2) is 59.7 Å². The van der Waals surface area contributed by atoms with E-state index in [1.54, 1.807) is 26.0 Å². The average Bonchev–Trinajstić information content (AvgIpc) is 2.87. The predicted octanol–water partition coefficient (Wildman–Crippen LogP) is 4.74. The van der Waals surface area contributed by atoms with Crippen LogP contribution in [0.1, 0.15) is 18.1 Å². The van der Waals surface area contributed by atoms with E-state index in [9.17, 15) is 29.8 Å². The second-order valence-corrected chi connectivity index (χ2v) is 7.93. The number of halogens is 1. The zero-order chi connectivity index (χ0) is 27.8. The van der Waals surface area contributed by atoms with Crippen LogP contribution in [-0.2, 0) is 9.59 Å². The minimum absolute atomic E-state index is 0.0983. The molecule has 0 bridgehead atoms. The Bertz CT molecular complexity index is 1440. The highest BCUT2D eigenvalue weighted by Gasteiger charge is 2.22. The standard InChI is InChI=1S/C24H20ClN5O8/c1-3-37-22-10-15(13-26-28-24(32)23(31)27-16-6-4-14(2)18(25)11-16)5-8-21(22)38-20-9-7-17(29(33)34)12-19(20)30(35)36/h4-13H,3H2,1-2H3,(H,27,31)(H,28,32)/b26-13+. The van der Waals surface area contributed by atoms with E-state index in [2.05, 4.69) is 15.8 Å². The molecule has 38 heavy (non-hydrogen) atoms. The van der Waals surface area contributed by atoms with Gasteiger partial charge in [-0.1, -0.05) is 17.7 Å². The van der Waals surface area contributed by atoms with Crippen LogP contribution in [0.4, 0.5) is 17.1 Å². The molecule has 13 nitrogen and oxygen atoms in total. The summed E-state index contributed by atoms with van der Waals surface area (Å²) in [6, 6.07) is 12.2. The molecule has 0 atom stereocenters. The van der Waals surface area contributed by atoms with Crippen molar-refractivity contribution in [1.82, 2.24) is 5.43 Å². The van der Waals surface area contributed by atoms with E-state index in [1.165, 1.54) is 30.5 Å². The third-order valence-corrected chi connectivity index (χ3v) is 5.26. The van der Waals surface area contributed by atoms with Gasteiger partial charge in [-0.15, -0.1) is 0 Å². The highest BCUT2D eigenvalue weighted by atomic mass is 35.5. The van der Waals surface area contributed by atoms with Gasteiger partial charge in [0.15, 0.2) is 11.5 Å². The number of rotatable bonds is 9. The number of nitro groups is 2. The lowest BCUT2D eigenvalue weighted by Gasteiger charge is -2.12. The van der Waals surface area contributed by atoms with Crippen molar-refractivity contribution in [2.45, 2.75) is 13.8 Å². The van der Waals surface area contributed by atoms with Crippen molar-refractivity contribution < 1.29 is 28.9 Å². The van der Waals surface area contributed by atoms with Gasteiger partial charge in [0.25, 0.3) is 5.69 Å². The van der Waals surface area contributed by atoms with E-state index in [1.807, 2.05) is 0 Å². The number of hydrazone groups is 1. The Morgan fingerprint density at radius 2 is 1.71 bits per heavy atom. The number of amides is 2. The number of nitro benzene ring substituents is 2. The number of carbonyl (C=O) groups excluding carboxylic acids is 2. The van der Waals surface area contributed by atoms with Crippen LogP contribution in [0.2, 0.25) is 5.02 Å². The molecule has 14 heteroatoms. The van der Waals surface area contributed by atoms with Gasteiger partial charge in [-0.3, -0.25) is 29.8 Å². The number of carbonyl (C=O) groups is 2. The monoisotopic (exact) mass is 541 g/mol. The average molecular weight is 542 g/mol. The van der Waals surface area contributed by atoms with Crippen molar-refractivity contribution in [3.63, 3.8) is 0 Å². The van der Waals surface area contributed by atoms with E-state index in [-0.39, 0.29) is 23.9 Å². The fraction of sp³-hybridized carbons (Fsp3) is 0.125. The van der Waals surface area contributed by atoms with Gasteiger partial charge in [-0.2, -0.15) is 5.10 Å². The normalized spacial score (nSPS) is 10.6. The van der Waals surface area contributed by atoms with Gasteiger partial charge in [-0.25, -0.2) is 5.43 Å². The van der Waals surface area contributed by atoms with Crippen molar-refractivity contribution >= 4 is 46.7 Å². The van der Waals surface area contributed by atoms with Crippen LogP contribution in [0.5, 0.6) is 17.2 Å². The summed E-state index contributed by atoms with van der Waals surface area (Å²) < 4.78 is 11.2. The number of benzene rings is 3. The Balaban J connectivity index is 1.72. The van der Waals surface area contributed by atoms with Crippen molar-refractivity contribution in [2.75, 3.05) is 11.9 Å². The first-order chi connectivity index (χ1) is 18.1. The second-order valence-electron chi connectivity index (χ2n) is 7.52. The molecule has 2 N–H and O–H groups in total. The molecule has 0 aliphatic heterocycles. The molecule has 0 fully saturated rings. The summed E-state index contributed by atoms with van der Waals surface area (Å²) in [5, 5.41) is 28.9. The topological polar surface area (TPSA) is 175 Å². The predicted molar refractivity (Wildman–Crippen MR) is 138 cm³/mol. The molecule has 0 aromatic heterocycles. The largest absolute Gasteiger partial charge is 0.490 e. The molecular weight excluding hydrogens is 522 g/mol. The molecule has 0 aliphatic carbocycles. The smallest absolute Gasteiger partial charge is 0.329 e. The Labute approximate surface area is 220 Å². The fourth-order valence-electron chi connectivity index (χ4n) is 3.00. The molecule has 0 heterocycles. The van der Waals surface area contributed by atoms with E-state index in [0.717, 1.165) is 23.8 Å². The second kappa shape index (κ2) is 12.3. The molecule has 3 rings (SSSR count). The van der Waals surface area contributed by atoms with E-state index in [4.69, 9.17) is 21.1 Å². The number of nitrogens with one attached hydrogen (secondary N) is 2. The zero-order valence-electron chi connectivity index (χ0n) is 20.0. The summed E-state index contributed by atoms with van der Waals surface area (Å²) >= 11 is 6.01. The summed E-state index contributed by atoms with van der Waals surface area (Å²) in [6.07, 6.45) is 1.24. The summed E-state index contributed by atoms with van der Waals surface area (Å²) in [5.74, 6) is -1.92. The van der Waals surface area contributed by atoms with Gasteiger partial charge in [0.05, 0.1) is 28.7 Å². The molecule has 0 spiro atoms. The van der Waals surface area contributed by atoms with E-state index in [0.29, 0.717) is 16.3 Å². The SMILES string of the molecule is CCOc1cc(/C=N/NC(=O)C(=O)Nc2ccc(C)c(Cl)c2)ccc1Oc1ccc([N+](=O)[O-])cc1[N+](=O)[O-]. The maximum absolute atomic E-state index is 12.1. The first-order valence-electron chi connectivity index (χ1n) is 10.9. The van der Waals surface area contributed by atoms with Crippen LogP contribution in [-0.4, -0.2) is 34.5 Å². The summed E-state index contributed by atoms with van der Waals surface area (Å²) in [5.41, 5.74) is 2.64. The lowest BCUT2D eigenvalue weighted by atomic mass is 10.2. The minimum atomic E-state index is -1.02. The maximum atomic E-state index is 12.1. The minimum Gasteiger partial charge on any atom is -0.490 e. The Morgan fingerprint density at radius 1 is 0.974 bits per heavy atom. The molecule has 3 aromatic carbocycles. The zero-order valence-corrected chi connectivity index (χ0v) is 20.7. The van der Waals surface area contributed by atoms with Gasteiger partial charge in [0.1, 0.15) is 0 Å². The number of aryl methyl sites for hydroxylation is 1. The molecule has 0 aliphatic rings. The molecule has 0 saturated carbocycles. The van der Waals surface area contributed by atoms with Gasteiger partial charge >= 0.3 is 17.5 Å². The summed E-state index contributed by atoms with van der Waals surface area (Å²) in [6.45, 7) is 3.72. The van der Waals surface area contributed by atoms with Crippen LogP contribution in [0.3, 0.4) is 0 Å². The van der Waals surface area contributed by atoms with Crippen LogP contribution in [0, 0.1) is 27.2 Å². The summed E-state index contributed by atoms with van der Waals surface area (Å²) in [4.78, 5) is 44.9. The van der Waals surface area contributed by atoms with Crippen molar-refractivity contribution in [1.29, 1.82) is 0 Å². The van der Waals surface area contributed by atoms with Crippen LogP contribution < -0.4 is 20.2 Å². The van der Waals surface area contributed by atoms with Crippen LogP contribution >= 0.6 is 11.6 Å². The molecule has 196 valence electrons. The van der Waals surface area contributed by atoms with Gasteiger partial charge in [0, 0.05) is 16.8 Å². The number of non-ortho nitro benzene ring substituents is 1. The lowest BCUT2D eigenvalue weighted by Crippen LogP contribution is -2.32. The molecule has 0 unspecified atom stereocenters. The molecule has 0 radical (unpaired) electrons. The number of ether oxygens (including phenoxy) is 2. The van der Waals surface area contributed by atoms with E-state index < -0.39 is 33.0 Å². The number of hydrogen-bond acceptors (Lipinski definition) is 9. The molecule has 3 aromatic rings. The third kappa shape index (κ3) is 7.01. The van der Waals surface area contributed by atoms with Crippen molar-refractivity contribution in [3.8, 4) is 17.2 Å². The Kier molecular flexibility index (Phi) is 8.90. The van der Waals surface area contributed by atoms with Crippen LogP contribution in [0.25, 0.3) is 0 Å². The number of nitrogens with zero attached hydrogens (tertiary/aromatic N) is 3. The van der Waals surface area contributed by atoms with Crippen molar-refractivity contribution in [2.24, 2.45) is 5.10 Å². The Morgan fingerprint density at radius 3 is 2.37 bits per heavy atom. The van der Waals surface area contributed by atoms with Gasteiger partial charge in [0.2, 0.25) is 5.75 Å². The molecule has 2 amide bonds. The van der Waals surface area contributed by atoms with E-state index >= 15 is 0 Å². The first-order valence-corrected chi connectivity index (χ1v) is 11.2. The number of anilines is 1. The van der Waals surface area contributed by atoms with Crippen molar-refractivity contribution in [3.05, 3.63) is 91.0 Å². The number of hydrogen-bond donors (Lipinski definition) is 2. The third-order valence-electron chi connectivity index (χ3n) is 4.85.